The molecule has 20 heavy (non-hydrogen) atoms. The SMILES string of the molecule is Cl.c1cc(-c2nc(COC3CCCNC3)no2)ccn1. The van der Waals surface area contributed by atoms with E-state index in [0.717, 1.165) is 31.5 Å². The minimum absolute atomic E-state index is 0. The molecule has 3 heterocycles. The summed E-state index contributed by atoms with van der Waals surface area (Å²) in [6.07, 6.45) is 5.88. The van der Waals surface area contributed by atoms with Gasteiger partial charge in [0.05, 0.1) is 6.10 Å². The molecule has 1 fully saturated rings. The molecule has 108 valence electrons. The Labute approximate surface area is 123 Å². The molecule has 0 bridgehead atoms. The Hall–Kier alpha value is -1.50. The fraction of sp³-hybridized carbons (Fsp3) is 0.462. The van der Waals surface area contributed by atoms with Gasteiger partial charge >= 0.3 is 0 Å². The Balaban J connectivity index is 0.00000147. The molecule has 7 heteroatoms. The molecule has 3 rings (SSSR count). The highest BCUT2D eigenvalue weighted by atomic mass is 35.5. The molecule has 2 aromatic rings. The van der Waals surface area contributed by atoms with Crippen LogP contribution >= 0.6 is 12.4 Å². The van der Waals surface area contributed by atoms with Crippen molar-refractivity contribution in [3.63, 3.8) is 0 Å². The molecule has 2 aromatic heterocycles. The average Bonchev–Trinajstić information content (AvgIpc) is 2.96. The van der Waals surface area contributed by atoms with E-state index >= 15 is 0 Å². The Morgan fingerprint density at radius 2 is 2.20 bits per heavy atom. The van der Waals surface area contributed by atoms with Gasteiger partial charge in [-0.2, -0.15) is 4.98 Å². The van der Waals surface area contributed by atoms with Gasteiger partial charge in [0.15, 0.2) is 5.82 Å². The van der Waals surface area contributed by atoms with Crippen LogP contribution in [-0.4, -0.2) is 34.3 Å². The lowest BCUT2D eigenvalue weighted by atomic mass is 10.1. The zero-order chi connectivity index (χ0) is 12.9. The van der Waals surface area contributed by atoms with Gasteiger partial charge in [-0.15, -0.1) is 12.4 Å². The van der Waals surface area contributed by atoms with Crippen molar-refractivity contribution in [2.45, 2.75) is 25.6 Å². The minimum atomic E-state index is 0. The van der Waals surface area contributed by atoms with E-state index in [0.29, 0.717) is 18.3 Å². The van der Waals surface area contributed by atoms with Crippen LogP contribution in [0.5, 0.6) is 0 Å². The standard InChI is InChI=1S/C13H16N4O2.ClH/c1-2-11(8-15-5-1)18-9-12-16-13(19-17-12)10-3-6-14-7-4-10;/h3-4,6-7,11,15H,1-2,5,8-9H2;1H. The topological polar surface area (TPSA) is 73.1 Å². The van der Waals surface area contributed by atoms with Crippen LogP contribution < -0.4 is 5.32 Å². The molecule has 1 aliphatic heterocycles. The number of halogens is 1. The molecule has 0 amide bonds. The first kappa shape index (κ1) is 14.9. The molecule has 1 atom stereocenters. The van der Waals surface area contributed by atoms with E-state index in [-0.39, 0.29) is 18.5 Å². The Morgan fingerprint density at radius 1 is 1.35 bits per heavy atom. The van der Waals surface area contributed by atoms with E-state index in [2.05, 4.69) is 20.4 Å². The Bertz CT molecular complexity index is 514. The van der Waals surface area contributed by atoms with Gasteiger partial charge in [0.25, 0.3) is 5.89 Å². The lowest BCUT2D eigenvalue weighted by Crippen LogP contribution is -2.35. The smallest absolute Gasteiger partial charge is 0.258 e. The number of pyridine rings is 1. The van der Waals surface area contributed by atoms with Gasteiger partial charge in [0.1, 0.15) is 6.61 Å². The van der Waals surface area contributed by atoms with Gasteiger partial charge in [-0.05, 0) is 31.5 Å². The maximum absolute atomic E-state index is 5.76. The van der Waals surface area contributed by atoms with Crippen LogP contribution in [0.1, 0.15) is 18.7 Å². The number of piperidine rings is 1. The summed E-state index contributed by atoms with van der Waals surface area (Å²) in [6.45, 7) is 2.37. The molecule has 1 N–H and O–H groups in total. The summed E-state index contributed by atoms with van der Waals surface area (Å²) in [4.78, 5) is 8.27. The van der Waals surface area contributed by atoms with Crippen molar-refractivity contribution >= 4 is 12.4 Å². The lowest BCUT2D eigenvalue weighted by molar-refractivity contribution is 0.0210. The van der Waals surface area contributed by atoms with E-state index < -0.39 is 0 Å². The summed E-state index contributed by atoms with van der Waals surface area (Å²) in [5, 5.41) is 7.23. The van der Waals surface area contributed by atoms with Gasteiger partial charge in [-0.1, -0.05) is 5.16 Å². The number of hydrogen-bond donors (Lipinski definition) is 1. The zero-order valence-electron chi connectivity index (χ0n) is 11.0. The second kappa shape index (κ2) is 7.33. The average molecular weight is 297 g/mol. The summed E-state index contributed by atoms with van der Waals surface area (Å²) >= 11 is 0. The fourth-order valence-electron chi connectivity index (χ4n) is 2.08. The quantitative estimate of drug-likeness (QED) is 0.928. The van der Waals surface area contributed by atoms with Crippen molar-refractivity contribution in [3.8, 4) is 11.5 Å². The number of ether oxygens (including phenoxy) is 1. The molecule has 0 aromatic carbocycles. The van der Waals surface area contributed by atoms with Crippen LogP contribution in [0.3, 0.4) is 0 Å². The van der Waals surface area contributed by atoms with Crippen LogP contribution in [-0.2, 0) is 11.3 Å². The third kappa shape index (κ3) is 3.75. The number of aromatic nitrogens is 3. The molecular formula is C13H17ClN4O2. The van der Waals surface area contributed by atoms with Crippen LogP contribution in [0.25, 0.3) is 11.5 Å². The van der Waals surface area contributed by atoms with Gasteiger partial charge in [0, 0.05) is 24.5 Å². The monoisotopic (exact) mass is 296 g/mol. The molecule has 1 saturated heterocycles. The number of hydrogen-bond acceptors (Lipinski definition) is 6. The lowest BCUT2D eigenvalue weighted by Gasteiger charge is -2.22. The van der Waals surface area contributed by atoms with Crippen molar-refractivity contribution in [1.82, 2.24) is 20.4 Å². The van der Waals surface area contributed by atoms with Gasteiger partial charge in [-0.3, -0.25) is 4.98 Å². The largest absolute Gasteiger partial charge is 0.369 e. The summed E-state index contributed by atoms with van der Waals surface area (Å²) in [5.74, 6) is 1.08. The second-order valence-corrected chi connectivity index (χ2v) is 4.53. The van der Waals surface area contributed by atoms with Crippen molar-refractivity contribution in [2.75, 3.05) is 13.1 Å². The van der Waals surface area contributed by atoms with Crippen LogP contribution in [0.4, 0.5) is 0 Å². The first-order chi connectivity index (χ1) is 9.42. The third-order valence-electron chi connectivity index (χ3n) is 3.10. The highest BCUT2D eigenvalue weighted by Crippen LogP contribution is 2.16. The molecule has 0 saturated carbocycles. The highest BCUT2D eigenvalue weighted by molar-refractivity contribution is 5.85. The van der Waals surface area contributed by atoms with Crippen molar-refractivity contribution in [1.29, 1.82) is 0 Å². The Morgan fingerprint density at radius 3 is 2.95 bits per heavy atom. The van der Waals surface area contributed by atoms with Crippen LogP contribution in [0, 0.1) is 0 Å². The summed E-state index contributed by atoms with van der Waals surface area (Å²) in [7, 11) is 0. The molecule has 0 radical (unpaired) electrons. The number of nitrogens with zero attached hydrogens (tertiary/aromatic N) is 3. The fourth-order valence-corrected chi connectivity index (χ4v) is 2.08. The first-order valence-electron chi connectivity index (χ1n) is 6.47. The summed E-state index contributed by atoms with van der Waals surface area (Å²) < 4.78 is 11.0. The maximum atomic E-state index is 5.76. The molecule has 0 spiro atoms. The van der Waals surface area contributed by atoms with E-state index in [1.165, 1.54) is 0 Å². The van der Waals surface area contributed by atoms with Crippen molar-refractivity contribution < 1.29 is 9.26 Å². The van der Waals surface area contributed by atoms with Crippen molar-refractivity contribution in [2.24, 2.45) is 0 Å². The predicted octanol–water partition coefficient (Wildman–Crippen LogP) is 1.82. The summed E-state index contributed by atoms with van der Waals surface area (Å²) in [5.41, 5.74) is 0.869. The second-order valence-electron chi connectivity index (χ2n) is 4.53. The molecule has 0 aliphatic carbocycles. The normalized spacial score (nSPS) is 18.5. The summed E-state index contributed by atoms with van der Waals surface area (Å²) in [6, 6.07) is 3.67. The minimum Gasteiger partial charge on any atom is -0.369 e. The van der Waals surface area contributed by atoms with Crippen LogP contribution in [0.15, 0.2) is 29.0 Å². The van der Waals surface area contributed by atoms with Gasteiger partial charge in [-0.25, -0.2) is 0 Å². The highest BCUT2D eigenvalue weighted by Gasteiger charge is 2.15. The molecule has 1 unspecified atom stereocenters. The maximum Gasteiger partial charge on any atom is 0.258 e. The zero-order valence-corrected chi connectivity index (χ0v) is 11.8. The molecule has 6 nitrogen and oxygen atoms in total. The van der Waals surface area contributed by atoms with E-state index in [4.69, 9.17) is 9.26 Å². The van der Waals surface area contributed by atoms with E-state index in [9.17, 15) is 0 Å². The third-order valence-corrected chi connectivity index (χ3v) is 3.10. The van der Waals surface area contributed by atoms with Crippen molar-refractivity contribution in [3.05, 3.63) is 30.4 Å². The number of nitrogens with one attached hydrogen (secondary N) is 1. The van der Waals surface area contributed by atoms with Gasteiger partial charge < -0.3 is 14.6 Å². The van der Waals surface area contributed by atoms with E-state index in [1.54, 1.807) is 12.4 Å². The van der Waals surface area contributed by atoms with Crippen LogP contribution in [0.2, 0.25) is 0 Å². The number of rotatable bonds is 4. The first-order valence-corrected chi connectivity index (χ1v) is 6.47. The Kier molecular flexibility index (Phi) is 5.46. The molecular weight excluding hydrogens is 280 g/mol. The van der Waals surface area contributed by atoms with E-state index in [1.807, 2.05) is 12.1 Å². The molecule has 1 aliphatic rings. The predicted molar refractivity (Wildman–Crippen MR) is 75.5 cm³/mol. The van der Waals surface area contributed by atoms with Gasteiger partial charge in [0.2, 0.25) is 0 Å².